The van der Waals surface area contributed by atoms with Gasteiger partial charge in [-0.2, -0.15) is 0 Å². The Balaban J connectivity index is 1.90. The minimum atomic E-state index is -0.315. The summed E-state index contributed by atoms with van der Waals surface area (Å²) in [4.78, 5) is 17.2. The summed E-state index contributed by atoms with van der Waals surface area (Å²) in [5.74, 6) is 1.26. The molecule has 1 fully saturated rings. The van der Waals surface area contributed by atoms with Crippen LogP contribution in [0.3, 0.4) is 0 Å². The van der Waals surface area contributed by atoms with E-state index in [1.807, 2.05) is 49.6 Å². The normalized spacial score (nSPS) is 16.9. The lowest BCUT2D eigenvalue weighted by Gasteiger charge is -2.29. The molecule has 0 radical (unpaired) electrons. The smallest absolute Gasteiger partial charge is 0.253 e. The standard InChI is InChI=1S/C18H24N4O/c1-12-10-15(13(2)22(12)16-6-4-5-9-20-16)17(23)21-18(3,11-19)14-7-8-14/h4-6,9-10,14H,7-8,11,19H2,1-3H3,(H,21,23). The van der Waals surface area contributed by atoms with Crippen molar-refractivity contribution in [3.8, 4) is 5.82 Å². The Hall–Kier alpha value is -2.14. The van der Waals surface area contributed by atoms with Gasteiger partial charge in [-0.25, -0.2) is 4.98 Å². The fraction of sp³-hybridized carbons (Fsp3) is 0.444. The van der Waals surface area contributed by atoms with Gasteiger partial charge < -0.3 is 15.6 Å². The molecule has 2 heterocycles. The number of amides is 1. The zero-order valence-corrected chi connectivity index (χ0v) is 14.0. The van der Waals surface area contributed by atoms with E-state index in [4.69, 9.17) is 5.73 Å². The first-order valence-corrected chi connectivity index (χ1v) is 8.09. The van der Waals surface area contributed by atoms with E-state index in [1.54, 1.807) is 6.20 Å². The summed E-state index contributed by atoms with van der Waals surface area (Å²) in [6, 6.07) is 7.69. The summed E-state index contributed by atoms with van der Waals surface area (Å²) in [6.45, 7) is 6.44. The minimum Gasteiger partial charge on any atom is -0.345 e. The number of carbonyl (C=O) groups is 1. The maximum absolute atomic E-state index is 12.8. The first-order chi connectivity index (χ1) is 11.0. The molecule has 1 saturated carbocycles. The van der Waals surface area contributed by atoms with Crippen LogP contribution in [-0.2, 0) is 0 Å². The second kappa shape index (κ2) is 5.81. The fourth-order valence-electron chi connectivity index (χ4n) is 3.20. The van der Waals surface area contributed by atoms with Gasteiger partial charge in [0, 0.05) is 24.1 Å². The number of hydrogen-bond donors (Lipinski definition) is 2. The van der Waals surface area contributed by atoms with Crippen LogP contribution in [0.25, 0.3) is 5.82 Å². The fourth-order valence-corrected chi connectivity index (χ4v) is 3.20. The molecule has 3 N–H and O–H groups in total. The molecule has 1 aliphatic carbocycles. The van der Waals surface area contributed by atoms with E-state index in [2.05, 4.69) is 10.3 Å². The Morgan fingerprint density at radius 2 is 2.17 bits per heavy atom. The van der Waals surface area contributed by atoms with Crippen LogP contribution in [-0.4, -0.2) is 27.5 Å². The van der Waals surface area contributed by atoms with Crippen molar-refractivity contribution in [1.29, 1.82) is 0 Å². The van der Waals surface area contributed by atoms with Gasteiger partial charge in [-0.05, 0) is 57.7 Å². The second-order valence-electron chi connectivity index (χ2n) is 6.66. The average molecular weight is 312 g/mol. The van der Waals surface area contributed by atoms with Gasteiger partial charge in [0.1, 0.15) is 5.82 Å². The maximum atomic E-state index is 12.8. The molecule has 5 nitrogen and oxygen atoms in total. The molecule has 23 heavy (non-hydrogen) atoms. The van der Waals surface area contributed by atoms with Crippen molar-refractivity contribution >= 4 is 5.91 Å². The first-order valence-electron chi connectivity index (χ1n) is 8.09. The highest BCUT2D eigenvalue weighted by atomic mass is 16.1. The zero-order chi connectivity index (χ0) is 16.6. The molecule has 1 unspecified atom stereocenters. The van der Waals surface area contributed by atoms with E-state index in [1.165, 1.54) is 0 Å². The molecule has 3 rings (SSSR count). The molecule has 2 aromatic rings. The lowest BCUT2D eigenvalue weighted by atomic mass is 9.95. The Morgan fingerprint density at radius 1 is 1.43 bits per heavy atom. The summed E-state index contributed by atoms with van der Waals surface area (Å²) in [5.41, 5.74) is 8.17. The minimum absolute atomic E-state index is 0.0554. The molecule has 0 bridgehead atoms. The molecule has 1 atom stereocenters. The van der Waals surface area contributed by atoms with Crippen LogP contribution >= 0.6 is 0 Å². The Bertz CT molecular complexity index is 718. The third-order valence-corrected chi connectivity index (χ3v) is 4.86. The molecular weight excluding hydrogens is 288 g/mol. The monoisotopic (exact) mass is 312 g/mol. The van der Waals surface area contributed by atoms with E-state index in [-0.39, 0.29) is 11.4 Å². The van der Waals surface area contributed by atoms with E-state index < -0.39 is 0 Å². The van der Waals surface area contributed by atoms with Gasteiger partial charge in [-0.15, -0.1) is 0 Å². The van der Waals surface area contributed by atoms with Gasteiger partial charge in [0.2, 0.25) is 0 Å². The van der Waals surface area contributed by atoms with Crippen molar-refractivity contribution in [2.45, 2.75) is 39.2 Å². The number of rotatable bonds is 5. The predicted molar refractivity (Wildman–Crippen MR) is 90.7 cm³/mol. The molecule has 1 aliphatic rings. The third kappa shape index (κ3) is 2.88. The highest BCUT2D eigenvalue weighted by Gasteiger charge is 2.42. The molecule has 5 heteroatoms. The number of aromatic nitrogens is 2. The van der Waals surface area contributed by atoms with Crippen molar-refractivity contribution < 1.29 is 4.79 Å². The molecule has 1 amide bonds. The number of pyridine rings is 1. The molecule has 2 aromatic heterocycles. The molecule has 0 aliphatic heterocycles. The first kappa shape index (κ1) is 15.7. The SMILES string of the molecule is Cc1cc(C(=O)NC(C)(CN)C2CC2)c(C)n1-c1ccccn1. The summed E-state index contributed by atoms with van der Waals surface area (Å²) in [7, 11) is 0. The molecule has 0 spiro atoms. The van der Waals surface area contributed by atoms with Crippen molar-refractivity contribution in [2.75, 3.05) is 6.54 Å². The predicted octanol–water partition coefficient (Wildman–Crippen LogP) is 2.35. The summed E-state index contributed by atoms with van der Waals surface area (Å²) in [6.07, 6.45) is 4.04. The lowest BCUT2D eigenvalue weighted by Crippen LogP contribution is -2.53. The van der Waals surface area contributed by atoms with Crippen molar-refractivity contribution in [1.82, 2.24) is 14.9 Å². The third-order valence-electron chi connectivity index (χ3n) is 4.86. The Kier molecular flexibility index (Phi) is 3.98. The van der Waals surface area contributed by atoms with E-state index >= 15 is 0 Å². The number of carbonyl (C=O) groups excluding carboxylic acids is 1. The number of hydrogen-bond acceptors (Lipinski definition) is 3. The second-order valence-corrected chi connectivity index (χ2v) is 6.66. The number of aryl methyl sites for hydroxylation is 1. The van der Waals surface area contributed by atoms with Crippen LogP contribution in [0.2, 0.25) is 0 Å². The zero-order valence-electron chi connectivity index (χ0n) is 14.0. The number of nitrogens with two attached hydrogens (primary N) is 1. The number of nitrogens with zero attached hydrogens (tertiary/aromatic N) is 2. The average Bonchev–Trinajstić information content (AvgIpc) is 3.35. The van der Waals surface area contributed by atoms with Crippen LogP contribution in [0.5, 0.6) is 0 Å². The molecular formula is C18H24N4O. The molecule has 122 valence electrons. The van der Waals surface area contributed by atoms with Gasteiger partial charge in [0.15, 0.2) is 0 Å². The van der Waals surface area contributed by atoms with Gasteiger partial charge in [0.05, 0.1) is 11.1 Å². The van der Waals surface area contributed by atoms with Crippen LogP contribution in [0, 0.1) is 19.8 Å². The summed E-state index contributed by atoms with van der Waals surface area (Å²) < 4.78 is 2.01. The molecule has 0 saturated heterocycles. The Morgan fingerprint density at radius 3 is 2.74 bits per heavy atom. The van der Waals surface area contributed by atoms with Crippen LogP contribution < -0.4 is 11.1 Å². The van der Waals surface area contributed by atoms with Crippen molar-refractivity contribution in [2.24, 2.45) is 11.7 Å². The quantitative estimate of drug-likeness (QED) is 0.890. The van der Waals surface area contributed by atoms with Crippen LogP contribution in [0.1, 0.15) is 41.5 Å². The topological polar surface area (TPSA) is 72.9 Å². The van der Waals surface area contributed by atoms with Crippen molar-refractivity contribution in [3.05, 3.63) is 47.4 Å². The number of nitrogens with one attached hydrogen (secondary N) is 1. The van der Waals surface area contributed by atoms with Crippen molar-refractivity contribution in [3.63, 3.8) is 0 Å². The highest BCUT2D eigenvalue weighted by molar-refractivity contribution is 5.96. The van der Waals surface area contributed by atoms with Gasteiger partial charge in [0.25, 0.3) is 5.91 Å². The van der Waals surface area contributed by atoms with Gasteiger partial charge in [-0.3, -0.25) is 4.79 Å². The summed E-state index contributed by atoms with van der Waals surface area (Å²) >= 11 is 0. The van der Waals surface area contributed by atoms with Gasteiger partial charge in [-0.1, -0.05) is 6.07 Å². The Labute approximate surface area is 136 Å². The van der Waals surface area contributed by atoms with Crippen LogP contribution in [0.15, 0.2) is 30.5 Å². The van der Waals surface area contributed by atoms with E-state index in [0.717, 1.165) is 30.0 Å². The highest BCUT2D eigenvalue weighted by Crippen LogP contribution is 2.39. The van der Waals surface area contributed by atoms with E-state index in [9.17, 15) is 4.79 Å². The maximum Gasteiger partial charge on any atom is 0.253 e. The van der Waals surface area contributed by atoms with Crippen LogP contribution in [0.4, 0.5) is 0 Å². The molecule has 0 aromatic carbocycles. The summed E-state index contributed by atoms with van der Waals surface area (Å²) in [5, 5.41) is 3.16. The lowest BCUT2D eigenvalue weighted by molar-refractivity contribution is 0.0897. The largest absolute Gasteiger partial charge is 0.345 e. The van der Waals surface area contributed by atoms with Gasteiger partial charge >= 0.3 is 0 Å². The van der Waals surface area contributed by atoms with E-state index in [0.29, 0.717) is 18.0 Å².